The van der Waals surface area contributed by atoms with Gasteiger partial charge in [0.2, 0.25) is 0 Å². The molecule has 1 aromatic heterocycles. The highest BCUT2D eigenvalue weighted by molar-refractivity contribution is 7.89. The molecule has 0 bridgehead atoms. The molecule has 2 N–H and O–H groups in total. The SMILES string of the molecule is NC[C@H]1CCCCN1S(=O)(=O)c1ccccn1. The molecule has 0 spiro atoms. The van der Waals surface area contributed by atoms with Gasteiger partial charge in [-0.25, -0.2) is 13.4 Å². The van der Waals surface area contributed by atoms with Crippen molar-refractivity contribution < 1.29 is 8.42 Å². The van der Waals surface area contributed by atoms with E-state index in [1.165, 1.54) is 16.6 Å². The molecular formula is C11H17N3O2S. The van der Waals surface area contributed by atoms with E-state index in [1.807, 2.05) is 0 Å². The molecule has 2 rings (SSSR count). The summed E-state index contributed by atoms with van der Waals surface area (Å²) in [6, 6.07) is 4.82. The number of hydrogen-bond acceptors (Lipinski definition) is 4. The van der Waals surface area contributed by atoms with Crippen LogP contribution in [-0.4, -0.2) is 36.8 Å². The Morgan fingerprint density at radius 3 is 2.88 bits per heavy atom. The third-order valence-corrected chi connectivity index (χ3v) is 4.92. The summed E-state index contributed by atoms with van der Waals surface area (Å²) in [6.45, 7) is 0.910. The first-order valence-corrected chi connectivity index (χ1v) is 7.23. The van der Waals surface area contributed by atoms with Gasteiger partial charge in [-0.1, -0.05) is 12.5 Å². The predicted octanol–water partition coefficient (Wildman–Crippen LogP) is 0.583. The van der Waals surface area contributed by atoms with Crippen molar-refractivity contribution in [1.29, 1.82) is 0 Å². The first kappa shape index (κ1) is 12.5. The van der Waals surface area contributed by atoms with Gasteiger partial charge in [0.1, 0.15) is 0 Å². The van der Waals surface area contributed by atoms with Crippen molar-refractivity contribution in [2.45, 2.75) is 30.3 Å². The van der Waals surface area contributed by atoms with E-state index in [-0.39, 0.29) is 11.1 Å². The molecule has 0 aliphatic carbocycles. The molecule has 0 unspecified atom stereocenters. The molecule has 1 saturated heterocycles. The molecule has 0 amide bonds. The largest absolute Gasteiger partial charge is 0.329 e. The van der Waals surface area contributed by atoms with Crippen molar-refractivity contribution >= 4 is 10.0 Å². The standard InChI is InChI=1S/C11H17N3O2S/c12-9-10-5-2-4-8-14(10)17(15,16)11-6-1-3-7-13-11/h1,3,6-7,10H,2,4-5,8-9,12H2/t10-/m1/s1. The Morgan fingerprint density at radius 2 is 2.24 bits per heavy atom. The Hall–Kier alpha value is -0.980. The average molecular weight is 255 g/mol. The molecular weight excluding hydrogens is 238 g/mol. The van der Waals surface area contributed by atoms with Crippen LogP contribution in [-0.2, 0) is 10.0 Å². The van der Waals surface area contributed by atoms with Crippen molar-refractivity contribution in [3.05, 3.63) is 24.4 Å². The van der Waals surface area contributed by atoms with Crippen molar-refractivity contribution in [3.63, 3.8) is 0 Å². The molecule has 6 heteroatoms. The van der Waals surface area contributed by atoms with Crippen LogP contribution < -0.4 is 5.73 Å². The lowest BCUT2D eigenvalue weighted by Crippen LogP contribution is -2.47. The molecule has 1 aliphatic heterocycles. The Labute approximate surface area is 102 Å². The van der Waals surface area contributed by atoms with Crippen LogP contribution in [0.4, 0.5) is 0 Å². The summed E-state index contributed by atoms with van der Waals surface area (Å²) in [5.74, 6) is 0. The molecule has 1 atom stereocenters. The zero-order valence-corrected chi connectivity index (χ0v) is 10.4. The monoisotopic (exact) mass is 255 g/mol. The minimum absolute atomic E-state index is 0.0873. The van der Waals surface area contributed by atoms with Crippen LogP contribution in [0.2, 0.25) is 0 Å². The zero-order chi connectivity index (χ0) is 12.3. The van der Waals surface area contributed by atoms with Gasteiger partial charge in [0.15, 0.2) is 5.03 Å². The van der Waals surface area contributed by atoms with Gasteiger partial charge in [-0.3, -0.25) is 0 Å². The summed E-state index contributed by atoms with van der Waals surface area (Å²) < 4.78 is 26.2. The lowest BCUT2D eigenvalue weighted by molar-refractivity contribution is 0.257. The third-order valence-electron chi connectivity index (χ3n) is 3.06. The highest BCUT2D eigenvalue weighted by atomic mass is 32.2. The summed E-state index contributed by atoms with van der Waals surface area (Å²) in [5, 5.41) is 0.111. The average Bonchev–Trinajstić information content (AvgIpc) is 2.39. The highest BCUT2D eigenvalue weighted by Crippen LogP contribution is 2.23. The third kappa shape index (κ3) is 2.48. The maximum atomic E-state index is 12.4. The van der Waals surface area contributed by atoms with Gasteiger partial charge in [-0.05, 0) is 25.0 Å². The van der Waals surface area contributed by atoms with Gasteiger partial charge in [0, 0.05) is 25.3 Å². The normalized spacial score (nSPS) is 22.5. The van der Waals surface area contributed by atoms with Crippen LogP contribution in [0.25, 0.3) is 0 Å². The Morgan fingerprint density at radius 1 is 1.41 bits per heavy atom. The second kappa shape index (κ2) is 5.12. The van der Waals surface area contributed by atoms with E-state index in [1.54, 1.807) is 12.1 Å². The number of hydrogen-bond donors (Lipinski definition) is 1. The lowest BCUT2D eigenvalue weighted by Gasteiger charge is -2.33. The topological polar surface area (TPSA) is 76.3 Å². The van der Waals surface area contributed by atoms with Gasteiger partial charge in [-0.2, -0.15) is 4.31 Å². The molecule has 17 heavy (non-hydrogen) atoms. The van der Waals surface area contributed by atoms with Gasteiger partial charge in [0.05, 0.1) is 0 Å². The van der Waals surface area contributed by atoms with E-state index < -0.39 is 10.0 Å². The molecule has 0 radical (unpaired) electrons. The highest BCUT2D eigenvalue weighted by Gasteiger charge is 2.33. The molecule has 94 valence electrons. The number of aromatic nitrogens is 1. The van der Waals surface area contributed by atoms with Crippen molar-refractivity contribution in [1.82, 2.24) is 9.29 Å². The van der Waals surface area contributed by atoms with Gasteiger partial charge in [-0.15, -0.1) is 0 Å². The number of nitrogens with two attached hydrogens (primary N) is 1. The number of piperidine rings is 1. The number of sulfonamides is 1. The van der Waals surface area contributed by atoms with E-state index in [0.717, 1.165) is 19.3 Å². The Bertz CT molecular complexity index is 461. The first-order valence-electron chi connectivity index (χ1n) is 5.79. The van der Waals surface area contributed by atoms with E-state index in [4.69, 9.17) is 5.73 Å². The second-order valence-corrected chi connectivity index (χ2v) is 6.01. The smallest absolute Gasteiger partial charge is 0.260 e. The van der Waals surface area contributed by atoms with E-state index in [9.17, 15) is 8.42 Å². The van der Waals surface area contributed by atoms with Crippen LogP contribution in [0.1, 0.15) is 19.3 Å². The van der Waals surface area contributed by atoms with Gasteiger partial charge < -0.3 is 5.73 Å². The van der Waals surface area contributed by atoms with E-state index >= 15 is 0 Å². The van der Waals surface area contributed by atoms with Gasteiger partial charge in [0.25, 0.3) is 10.0 Å². The quantitative estimate of drug-likeness (QED) is 0.857. The van der Waals surface area contributed by atoms with Crippen molar-refractivity contribution in [2.75, 3.05) is 13.1 Å². The molecule has 1 aliphatic rings. The Balaban J connectivity index is 2.31. The summed E-state index contributed by atoms with van der Waals surface area (Å²) >= 11 is 0. The van der Waals surface area contributed by atoms with Crippen LogP contribution in [0, 0.1) is 0 Å². The van der Waals surface area contributed by atoms with Crippen LogP contribution in [0.5, 0.6) is 0 Å². The van der Waals surface area contributed by atoms with Crippen molar-refractivity contribution in [2.24, 2.45) is 5.73 Å². The maximum Gasteiger partial charge on any atom is 0.260 e. The minimum Gasteiger partial charge on any atom is -0.329 e. The van der Waals surface area contributed by atoms with E-state index in [0.29, 0.717) is 13.1 Å². The van der Waals surface area contributed by atoms with Gasteiger partial charge >= 0.3 is 0 Å². The maximum absolute atomic E-state index is 12.4. The summed E-state index contributed by atoms with van der Waals surface area (Å²) in [6.07, 6.45) is 4.26. The zero-order valence-electron chi connectivity index (χ0n) is 9.62. The second-order valence-electron chi connectivity index (χ2n) is 4.17. The van der Waals surface area contributed by atoms with Crippen LogP contribution in [0.15, 0.2) is 29.4 Å². The van der Waals surface area contributed by atoms with Crippen LogP contribution in [0.3, 0.4) is 0 Å². The minimum atomic E-state index is -3.48. The number of pyridine rings is 1. The fourth-order valence-corrected chi connectivity index (χ4v) is 3.78. The summed E-state index contributed by atoms with van der Waals surface area (Å²) in [4.78, 5) is 3.92. The fourth-order valence-electron chi connectivity index (χ4n) is 2.15. The molecule has 2 heterocycles. The first-order chi connectivity index (χ1) is 8.16. The molecule has 0 aromatic carbocycles. The van der Waals surface area contributed by atoms with Crippen LogP contribution >= 0.6 is 0 Å². The molecule has 1 fully saturated rings. The molecule has 5 nitrogen and oxygen atoms in total. The molecule has 0 saturated carbocycles. The van der Waals surface area contributed by atoms with E-state index in [2.05, 4.69) is 4.98 Å². The number of rotatable bonds is 3. The Kier molecular flexibility index (Phi) is 3.76. The summed E-state index contributed by atoms with van der Waals surface area (Å²) in [7, 11) is -3.48. The molecule has 1 aromatic rings. The predicted molar refractivity (Wildman–Crippen MR) is 64.8 cm³/mol. The lowest BCUT2D eigenvalue weighted by atomic mass is 10.1. The number of nitrogens with zero attached hydrogens (tertiary/aromatic N) is 2. The summed E-state index contributed by atoms with van der Waals surface area (Å²) in [5.41, 5.74) is 5.64. The van der Waals surface area contributed by atoms with Crippen molar-refractivity contribution in [3.8, 4) is 0 Å². The fraction of sp³-hybridized carbons (Fsp3) is 0.545.